The zero-order valence-corrected chi connectivity index (χ0v) is 11.7. The zero-order chi connectivity index (χ0) is 14.0. The maximum atomic E-state index is 11.7. The van der Waals surface area contributed by atoms with E-state index in [4.69, 9.17) is 0 Å². The van der Waals surface area contributed by atoms with Gasteiger partial charge < -0.3 is 15.7 Å². The van der Waals surface area contributed by atoms with E-state index in [9.17, 15) is 14.7 Å². The van der Waals surface area contributed by atoms with E-state index in [1.54, 1.807) is 0 Å². The van der Waals surface area contributed by atoms with Crippen LogP contribution in [0.4, 0.5) is 0 Å². The van der Waals surface area contributed by atoms with Crippen molar-refractivity contribution in [3.05, 3.63) is 0 Å². The minimum absolute atomic E-state index is 0.0660. The van der Waals surface area contributed by atoms with E-state index in [-0.39, 0.29) is 12.3 Å². The summed E-state index contributed by atoms with van der Waals surface area (Å²) in [5, 5.41) is 15.2. The third-order valence-corrected chi connectivity index (χ3v) is 3.41. The quantitative estimate of drug-likeness (QED) is 0.517. The van der Waals surface area contributed by atoms with Crippen molar-refractivity contribution in [1.29, 1.82) is 0 Å². The van der Waals surface area contributed by atoms with Gasteiger partial charge in [-0.1, -0.05) is 20.8 Å². The van der Waals surface area contributed by atoms with Gasteiger partial charge in [0.05, 0.1) is 5.41 Å². The van der Waals surface area contributed by atoms with E-state index in [0.29, 0.717) is 19.4 Å². The fourth-order valence-corrected chi connectivity index (χ4v) is 1.87. The van der Waals surface area contributed by atoms with Gasteiger partial charge in [0.15, 0.2) is 0 Å². The normalized spacial score (nSPS) is 11.3. The molecule has 3 N–H and O–H groups in total. The number of hydrogen-bond acceptors (Lipinski definition) is 3. The molecule has 0 aromatic rings. The molecule has 0 rings (SSSR count). The largest absolute Gasteiger partial charge is 0.481 e. The number of carbonyl (C=O) groups excluding carboxylic acids is 1. The standard InChI is InChI=1S/C13H26N2O3/c1-4-13(5-2,12(17)18)10-11(16)15-9-7-8-14-6-3/h14H,4-10H2,1-3H3,(H,15,16)(H,17,18). The molecule has 0 fully saturated rings. The third-order valence-electron chi connectivity index (χ3n) is 3.41. The fraction of sp³-hybridized carbons (Fsp3) is 0.846. The van der Waals surface area contributed by atoms with Gasteiger partial charge in [-0.15, -0.1) is 0 Å². The molecule has 0 unspecified atom stereocenters. The van der Waals surface area contributed by atoms with Crippen LogP contribution in [0.15, 0.2) is 0 Å². The van der Waals surface area contributed by atoms with Crippen LogP contribution in [0.2, 0.25) is 0 Å². The Morgan fingerprint density at radius 1 is 1.11 bits per heavy atom. The number of aliphatic carboxylic acids is 1. The Bertz CT molecular complexity index is 263. The molecule has 106 valence electrons. The molecule has 0 radical (unpaired) electrons. The third kappa shape index (κ3) is 5.49. The van der Waals surface area contributed by atoms with Crippen LogP contribution >= 0.6 is 0 Å². The number of carbonyl (C=O) groups is 2. The Morgan fingerprint density at radius 3 is 2.17 bits per heavy atom. The van der Waals surface area contributed by atoms with Crippen LogP contribution in [0, 0.1) is 5.41 Å². The highest BCUT2D eigenvalue weighted by atomic mass is 16.4. The smallest absolute Gasteiger partial charge is 0.310 e. The number of carboxylic acids is 1. The van der Waals surface area contributed by atoms with E-state index >= 15 is 0 Å². The minimum atomic E-state index is -0.911. The van der Waals surface area contributed by atoms with Crippen molar-refractivity contribution in [2.45, 2.75) is 46.5 Å². The average Bonchev–Trinajstić information content (AvgIpc) is 2.35. The van der Waals surface area contributed by atoms with Crippen molar-refractivity contribution < 1.29 is 14.7 Å². The molecule has 0 aromatic heterocycles. The highest BCUT2D eigenvalue weighted by Crippen LogP contribution is 2.30. The first-order valence-corrected chi connectivity index (χ1v) is 6.73. The molecular formula is C13H26N2O3. The predicted molar refractivity (Wildman–Crippen MR) is 71.4 cm³/mol. The van der Waals surface area contributed by atoms with Crippen LogP contribution in [0.25, 0.3) is 0 Å². The lowest BCUT2D eigenvalue weighted by molar-refractivity contribution is -0.152. The second-order valence-corrected chi connectivity index (χ2v) is 4.53. The first kappa shape index (κ1) is 16.9. The summed E-state index contributed by atoms with van der Waals surface area (Å²) >= 11 is 0. The molecule has 0 aliphatic rings. The molecule has 0 saturated heterocycles. The molecule has 5 heteroatoms. The predicted octanol–water partition coefficient (Wildman–Crippen LogP) is 1.38. The maximum Gasteiger partial charge on any atom is 0.310 e. The molecule has 5 nitrogen and oxygen atoms in total. The molecule has 0 aromatic carbocycles. The lowest BCUT2D eigenvalue weighted by Crippen LogP contribution is -2.37. The Kier molecular flexibility index (Phi) is 8.37. The Morgan fingerprint density at radius 2 is 1.72 bits per heavy atom. The number of rotatable bonds is 10. The second kappa shape index (κ2) is 8.91. The van der Waals surface area contributed by atoms with Crippen molar-refractivity contribution in [3.63, 3.8) is 0 Å². The lowest BCUT2D eigenvalue weighted by atomic mass is 9.79. The SMILES string of the molecule is CCNCCCNC(=O)CC(CC)(CC)C(=O)O. The number of hydrogen-bond donors (Lipinski definition) is 3. The summed E-state index contributed by atoms with van der Waals surface area (Å²) in [4.78, 5) is 23.0. The van der Waals surface area contributed by atoms with E-state index in [0.717, 1.165) is 19.5 Å². The van der Waals surface area contributed by atoms with Gasteiger partial charge in [-0.2, -0.15) is 0 Å². The van der Waals surface area contributed by atoms with Crippen LogP contribution in [0.1, 0.15) is 46.5 Å². The van der Waals surface area contributed by atoms with Crippen LogP contribution in [0.5, 0.6) is 0 Å². The van der Waals surface area contributed by atoms with Gasteiger partial charge in [0.2, 0.25) is 5.91 Å². The summed E-state index contributed by atoms with van der Waals surface area (Å²) in [5.74, 6) is -1.05. The van der Waals surface area contributed by atoms with Crippen LogP contribution in [-0.4, -0.2) is 36.6 Å². The second-order valence-electron chi connectivity index (χ2n) is 4.53. The fourth-order valence-electron chi connectivity index (χ4n) is 1.87. The first-order valence-electron chi connectivity index (χ1n) is 6.73. The van der Waals surface area contributed by atoms with E-state index in [1.165, 1.54) is 0 Å². The van der Waals surface area contributed by atoms with Crippen LogP contribution in [-0.2, 0) is 9.59 Å². The molecule has 1 amide bonds. The molecule has 0 atom stereocenters. The minimum Gasteiger partial charge on any atom is -0.481 e. The van der Waals surface area contributed by atoms with E-state index in [2.05, 4.69) is 10.6 Å². The van der Waals surface area contributed by atoms with Gasteiger partial charge in [-0.25, -0.2) is 0 Å². The summed E-state index contributed by atoms with van der Waals surface area (Å²) in [6.07, 6.45) is 1.88. The van der Waals surface area contributed by atoms with Crippen LogP contribution in [0.3, 0.4) is 0 Å². The van der Waals surface area contributed by atoms with Crippen molar-refractivity contribution in [2.24, 2.45) is 5.41 Å². The summed E-state index contributed by atoms with van der Waals surface area (Å²) < 4.78 is 0. The van der Waals surface area contributed by atoms with Gasteiger partial charge >= 0.3 is 5.97 Å². The van der Waals surface area contributed by atoms with Gasteiger partial charge in [0.25, 0.3) is 0 Å². The highest BCUT2D eigenvalue weighted by Gasteiger charge is 2.36. The number of nitrogens with one attached hydrogen (secondary N) is 2. The molecule has 0 bridgehead atoms. The summed E-state index contributed by atoms with van der Waals surface area (Å²) in [6.45, 7) is 8.04. The van der Waals surface area contributed by atoms with Crippen molar-refractivity contribution in [2.75, 3.05) is 19.6 Å². The molecular weight excluding hydrogens is 232 g/mol. The summed E-state index contributed by atoms with van der Waals surface area (Å²) in [5.41, 5.74) is -0.911. The monoisotopic (exact) mass is 258 g/mol. The molecule has 18 heavy (non-hydrogen) atoms. The molecule has 0 saturated carbocycles. The average molecular weight is 258 g/mol. The van der Waals surface area contributed by atoms with Gasteiger partial charge in [-0.3, -0.25) is 9.59 Å². The molecule has 0 aliphatic heterocycles. The summed E-state index contributed by atoms with van der Waals surface area (Å²) in [6, 6.07) is 0. The lowest BCUT2D eigenvalue weighted by Gasteiger charge is -2.25. The molecule has 0 spiro atoms. The van der Waals surface area contributed by atoms with E-state index < -0.39 is 11.4 Å². The Hall–Kier alpha value is -1.10. The van der Waals surface area contributed by atoms with Crippen LogP contribution < -0.4 is 10.6 Å². The van der Waals surface area contributed by atoms with Crippen molar-refractivity contribution >= 4 is 11.9 Å². The Balaban J connectivity index is 4.08. The first-order chi connectivity index (χ1) is 8.52. The van der Waals surface area contributed by atoms with Crippen molar-refractivity contribution in [3.8, 4) is 0 Å². The molecule has 0 aliphatic carbocycles. The topological polar surface area (TPSA) is 78.4 Å². The van der Waals surface area contributed by atoms with E-state index in [1.807, 2.05) is 20.8 Å². The number of carboxylic acid groups (broad SMARTS) is 1. The van der Waals surface area contributed by atoms with Gasteiger partial charge in [0.1, 0.15) is 0 Å². The summed E-state index contributed by atoms with van der Waals surface area (Å²) in [7, 11) is 0. The van der Waals surface area contributed by atoms with Gasteiger partial charge in [-0.05, 0) is 32.4 Å². The highest BCUT2D eigenvalue weighted by molar-refractivity contribution is 5.84. The maximum absolute atomic E-state index is 11.7. The zero-order valence-electron chi connectivity index (χ0n) is 11.7. The van der Waals surface area contributed by atoms with Gasteiger partial charge in [0, 0.05) is 13.0 Å². The van der Waals surface area contributed by atoms with Crippen molar-refractivity contribution in [1.82, 2.24) is 10.6 Å². The molecule has 0 heterocycles. The number of amides is 1. The Labute approximate surface area is 109 Å².